The minimum Gasteiger partial charge on any atom is -0.495 e. The van der Waals surface area contributed by atoms with E-state index in [0.717, 1.165) is 24.4 Å². The third-order valence-electron chi connectivity index (χ3n) is 5.41. The molecule has 0 aliphatic heterocycles. The van der Waals surface area contributed by atoms with Crippen LogP contribution in [0.15, 0.2) is 53.7 Å². The molecule has 1 amide bonds. The van der Waals surface area contributed by atoms with Crippen molar-refractivity contribution in [3.05, 3.63) is 59.4 Å². The SMILES string of the molecule is COc1ccccc1NC(=O)CSc1nnc(C2CCCCC2)n1-c1cccc(Cl)c1. The van der Waals surface area contributed by atoms with Crippen molar-refractivity contribution in [2.75, 3.05) is 18.2 Å². The highest BCUT2D eigenvalue weighted by molar-refractivity contribution is 7.99. The number of hydrogen-bond donors (Lipinski definition) is 1. The Kier molecular flexibility index (Phi) is 7.14. The Morgan fingerprint density at radius 1 is 1.16 bits per heavy atom. The van der Waals surface area contributed by atoms with Crippen LogP contribution >= 0.6 is 23.4 Å². The van der Waals surface area contributed by atoms with Crippen molar-refractivity contribution in [3.63, 3.8) is 0 Å². The quantitative estimate of drug-likeness (QED) is 0.461. The Hall–Kier alpha value is -2.51. The number of nitrogens with one attached hydrogen (secondary N) is 1. The van der Waals surface area contributed by atoms with Gasteiger partial charge >= 0.3 is 0 Å². The summed E-state index contributed by atoms with van der Waals surface area (Å²) in [5.74, 6) is 2.03. The number of aromatic nitrogens is 3. The van der Waals surface area contributed by atoms with Crippen molar-refractivity contribution in [1.82, 2.24) is 14.8 Å². The normalized spacial score (nSPS) is 14.4. The van der Waals surface area contributed by atoms with Gasteiger partial charge in [-0.05, 0) is 43.2 Å². The molecular formula is C23H25ClN4O2S. The van der Waals surface area contributed by atoms with Crippen molar-refractivity contribution in [2.45, 2.75) is 43.2 Å². The fourth-order valence-corrected chi connectivity index (χ4v) is 4.87. The van der Waals surface area contributed by atoms with Gasteiger partial charge in [0.15, 0.2) is 5.16 Å². The fraction of sp³-hybridized carbons (Fsp3) is 0.348. The molecule has 0 unspecified atom stereocenters. The summed E-state index contributed by atoms with van der Waals surface area (Å²) in [6, 6.07) is 15.0. The number of hydrogen-bond acceptors (Lipinski definition) is 5. The van der Waals surface area contributed by atoms with E-state index >= 15 is 0 Å². The molecule has 1 N–H and O–H groups in total. The van der Waals surface area contributed by atoms with Gasteiger partial charge < -0.3 is 10.1 Å². The molecule has 1 aromatic heterocycles. The summed E-state index contributed by atoms with van der Waals surface area (Å²) >= 11 is 7.63. The van der Waals surface area contributed by atoms with E-state index < -0.39 is 0 Å². The molecule has 0 radical (unpaired) electrons. The summed E-state index contributed by atoms with van der Waals surface area (Å²) in [6.45, 7) is 0. The van der Waals surface area contributed by atoms with Crippen LogP contribution in [-0.2, 0) is 4.79 Å². The molecule has 0 saturated heterocycles. The molecule has 0 spiro atoms. The van der Waals surface area contributed by atoms with E-state index in [4.69, 9.17) is 16.3 Å². The number of para-hydroxylation sites is 2. The number of anilines is 1. The predicted molar refractivity (Wildman–Crippen MR) is 125 cm³/mol. The average molecular weight is 457 g/mol. The number of methoxy groups -OCH3 is 1. The standard InChI is InChI=1S/C23H25ClN4O2S/c1-30-20-13-6-5-12-19(20)25-21(29)15-31-23-27-26-22(16-8-3-2-4-9-16)28(23)18-11-7-10-17(24)14-18/h5-7,10-14,16H,2-4,8-9,15H2,1H3,(H,25,29). The van der Waals surface area contributed by atoms with Gasteiger partial charge in [0, 0.05) is 10.9 Å². The average Bonchev–Trinajstić information content (AvgIpc) is 3.23. The number of amides is 1. The lowest BCUT2D eigenvalue weighted by atomic mass is 9.88. The topological polar surface area (TPSA) is 69.0 Å². The molecule has 1 heterocycles. The lowest BCUT2D eigenvalue weighted by Gasteiger charge is -2.22. The second-order valence-electron chi connectivity index (χ2n) is 7.53. The van der Waals surface area contributed by atoms with E-state index in [1.54, 1.807) is 7.11 Å². The Morgan fingerprint density at radius 3 is 2.74 bits per heavy atom. The largest absolute Gasteiger partial charge is 0.495 e. The molecule has 4 rings (SSSR count). The van der Waals surface area contributed by atoms with Gasteiger partial charge in [-0.3, -0.25) is 9.36 Å². The number of carbonyl (C=O) groups excluding carboxylic acids is 1. The number of rotatable bonds is 7. The first-order valence-corrected chi connectivity index (χ1v) is 11.8. The lowest BCUT2D eigenvalue weighted by molar-refractivity contribution is -0.113. The molecule has 8 heteroatoms. The van der Waals surface area contributed by atoms with E-state index in [1.165, 1.54) is 31.0 Å². The van der Waals surface area contributed by atoms with Crippen LogP contribution in [0.3, 0.4) is 0 Å². The van der Waals surface area contributed by atoms with Crippen LogP contribution in [0, 0.1) is 0 Å². The van der Waals surface area contributed by atoms with E-state index in [-0.39, 0.29) is 11.7 Å². The molecule has 1 aliphatic rings. The van der Waals surface area contributed by atoms with Crippen LogP contribution in [0.1, 0.15) is 43.8 Å². The van der Waals surface area contributed by atoms with Gasteiger partial charge in [0.2, 0.25) is 5.91 Å². The zero-order chi connectivity index (χ0) is 21.6. The molecule has 31 heavy (non-hydrogen) atoms. The molecule has 162 valence electrons. The summed E-state index contributed by atoms with van der Waals surface area (Å²) in [5.41, 5.74) is 1.57. The zero-order valence-corrected chi connectivity index (χ0v) is 19.0. The zero-order valence-electron chi connectivity index (χ0n) is 17.4. The summed E-state index contributed by atoms with van der Waals surface area (Å²) in [5, 5.41) is 13.2. The second-order valence-corrected chi connectivity index (χ2v) is 8.91. The Labute approximate surface area is 191 Å². The summed E-state index contributed by atoms with van der Waals surface area (Å²) in [7, 11) is 1.58. The van der Waals surface area contributed by atoms with Gasteiger partial charge in [-0.25, -0.2) is 0 Å². The van der Waals surface area contributed by atoms with Gasteiger partial charge in [0.05, 0.1) is 24.2 Å². The minimum absolute atomic E-state index is 0.130. The Balaban J connectivity index is 1.55. The van der Waals surface area contributed by atoms with E-state index in [9.17, 15) is 4.79 Å². The first kappa shape index (κ1) is 21.7. The maximum Gasteiger partial charge on any atom is 0.234 e. The first-order valence-electron chi connectivity index (χ1n) is 10.4. The molecule has 6 nitrogen and oxygen atoms in total. The highest BCUT2D eigenvalue weighted by atomic mass is 35.5. The van der Waals surface area contributed by atoms with Gasteiger partial charge in [-0.1, -0.05) is 60.8 Å². The highest BCUT2D eigenvalue weighted by Crippen LogP contribution is 2.35. The van der Waals surface area contributed by atoms with Crippen LogP contribution in [0.5, 0.6) is 5.75 Å². The van der Waals surface area contributed by atoms with Gasteiger partial charge in [-0.2, -0.15) is 0 Å². The number of halogens is 1. The summed E-state index contributed by atoms with van der Waals surface area (Å²) < 4.78 is 7.37. The van der Waals surface area contributed by atoms with Gasteiger partial charge in [-0.15, -0.1) is 10.2 Å². The van der Waals surface area contributed by atoms with E-state index in [2.05, 4.69) is 20.1 Å². The molecule has 2 aromatic carbocycles. The number of ether oxygens (including phenoxy) is 1. The Morgan fingerprint density at radius 2 is 1.97 bits per heavy atom. The molecular weight excluding hydrogens is 432 g/mol. The summed E-state index contributed by atoms with van der Waals surface area (Å²) in [4.78, 5) is 12.6. The van der Waals surface area contributed by atoms with E-state index in [1.807, 2.05) is 48.5 Å². The van der Waals surface area contributed by atoms with Crippen LogP contribution in [0.25, 0.3) is 5.69 Å². The molecule has 1 fully saturated rings. The van der Waals surface area contributed by atoms with Crippen LogP contribution < -0.4 is 10.1 Å². The van der Waals surface area contributed by atoms with Gasteiger partial charge in [0.25, 0.3) is 0 Å². The monoisotopic (exact) mass is 456 g/mol. The van der Waals surface area contributed by atoms with Crippen molar-refractivity contribution in [3.8, 4) is 11.4 Å². The minimum atomic E-state index is -0.130. The maximum absolute atomic E-state index is 12.6. The molecule has 0 bridgehead atoms. The number of benzene rings is 2. The Bertz CT molecular complexity index is 1050. The van der Waals surface area contributed by atoms with E-state index in [0.29, 0.717) is 27.5 Å². The second kappa shape index (κ2) is 10.2. The van der Waals surface area contributed by atoms with Crippen molar-refractivity contribution in [1.29, 1.82) is 0 Å². The van der Waals surface area contributed by atoms with Crippen LogP contribution in [0.2, 0.25) is 5.02 Å². The lowest BCUT2D eigenvalue weighted by Crippen LogP contribution is -2.15. The van der Waals surface area contributed by atoms with Crippen LogP contribution in [-0.4, -0.2) is 33.5 Å². The molecule has 3 aromatic rings. The fourth-order valence-electron chi connectivity index (χ4n) is 3.92. The molecule has 1 saturated carbocycles. The van der Waals surface area contributed by atoms with Crippen LogP contribution in [0.4, 0.5) is 5.69 Å². The predicted octanol–water partition coefficient (Wildman–Crippen LogP) is 5.71. The third-order valence-corrected chi connectivity index (χ3v) is 6.57. The number of thioether (sulfide) groups is 1. The number of nitrogens with zero attached hydrogens (tertiary/aromatic N) is 3. The maximum atomic E-state index is 12.6. The highest BCUT2D eigenvalue weighted by Gasteiger charge is 2.25. The molecule has 0 atom stereocenters. The third kappa shape index (κ3) is 5.22. The summed E-state index contributed by atoms with van der Waals surface area (Å²) in [6.07, 6.45) is 5.90. The van der Waals surface area contributed by atoms with Crippen molar-refractivity contribution >= 4 is 35.0 Å². The number of carbonyl (C=O) groups is 1. The van der Waals surface area contributed by atoms with Crippen molar-refractivity contribution < 1.29 is 9.53 Å². The van der Waals surface area contributed by atoms with Gasteiger partial charge in [0.1, 0.15) is 11.6 Å². The van der Waals surface area contributed by atoms with Crippen molar-refractivity contribution in [2.24, 2.45) is 0 Å². The molecule has 1 aliphatic carbocycles. The smallest absolute Gasteiger partial charge is 0.234 e. The first-order chi connectivity index (χ1) is 15.2.